The number of fused-ring (bicyclic) bond motifs is 1. The topological polar surface area (TPSA) is 37.3 Å². The normalized spacial score (nSPS) is 19.4. The molecule has 0 saturated carbocycles. The lowest BCUT2D eigenvalue weighted by Crippen LogP contribution is -2.02. The summed E-state index contributed by atoms with van der Waals surface area (Å²) in [6.45, 7) is 2.04. The van der Waals surface area contributed by atoms with Crippen LogP contribution < -0.4 is 0 Å². The van der Waals surface area contributed by atoms with Gasteiger partial charge in [-0.1, -0.05) is 6.92 Å². The highest BCUT2D eigenvalue weighted by Gasteiger charge is 2.22. The Balaban J connectivity index is 2.57. The van der Waals surface area contributed by atoms with Gasteiger partial charge in [0.15, 0.2) is 0 Å². The van der Waals surface area contributed by atoms with Crippen molar-refractivity contribution in [2.24, 2.45) is 0 Å². The zero-order chi connectivity index (χ0) is 10.3. The quantitative estimate of drug-likeness (QED) is 0.746. The SMILES string of the molecule is CC1CCc2cc(F)c(C(=O)O)cc21. The molecule has 0 heterocycles. The molecule has 0 saturated heterocycles. The minimum absolute atomic E-state index is 0.211. The van der Waals surface area contributed by atoms with E-state index in [1.54, 1.807) is 0 Å². The molecule has 1 unspecified atom stereocenters. The zero-order valence-corrected chi connectivity index (χ0v) is 7.88. The molecule has 2 rings (SSSR count). The van der Waals surface area contributed by atoms with Gasteiger partial charge in [-0.15, -0.1) is 0 Å². The fourth-order valence-electron chi connectivity index (χ4n) is 2.00. The van der Waals surface area contributed by atoms with E-state index in [-0.39, 0.29) is 5.56 Å². The minimum atomic E-state index is -1.19. The van der Waals surface area contributed by atoms with E-state index >= 15 is 0 Å². The zero-order valence-electron chi connectivity index (χ0n) is 7.88. The Morgan fingerprint density at radius 1 is 1.57 bits per heavy atom. The first-order chi connectivity index (χ1) is 6.59. The van der Waals surface area contributed by atoms with Gasteiger partial charge in [0.25, 0.3) is 0 Å². The van der Waals surface area contributed by atoms with E-state index in [4.69, 9.17) is 5.11 Å². The van der Waals surface area contributed by atoms with Crippen molar-refractivity contribution >= 4 is 5.97 Å². The van der Waals surface area contributed by atoms with E-state index in [1.807, 2.05) is 6.92 Å². The summed E-state index contributed by atoms with van der Waals surface area (Å²) in [7, 11) is 0. The Hall–Kier alpha value is -1.38. The lowest BCUT2D eigenvalue weighted by atomic mass is 10.0. The monoisotopic (exact) mass is 194 g/mol. The van der Waals surface area contributed by atoms with Gasteiger partial charge in [-0.3, -0.25) is 0 Å². The summed E-state index contributed by atoms with van der Waals surface area (Å²) in [4.78, 5) is 10.7. The number of rotatable bonds is 1. The Bertz CT molecular complexity index is 399. The van der Waals surface area contributed by atoms with Crippen LogP contribution >= 0.6 is 0 Å². The molecule has 0 spiro atoms. The van der Waals surface area contributed by atoms with Gasteiger partial charge >= 0.3 is 5.97 Å². The molecule has 1 aliphatic carbocycles. The van der Waals surface area contributed by atoms with E-state index < -0.39 is 11.8 Å². The second kappa shape index (κ2) is 3.08. The van der Waals surface area contributed by atoms with Crippen molar-refractivity contribution in [3.63, 3.8) is 0 Å². The van der Waals surface area contributed by atoms with Crippen molar-refractivity contribution in [3.05, 3.63) is 34.6 Å². The number of hydrogen-bond donors (Lipinski definition) is 1. The maximum atomic E-state index is 13.2. The molecule has 0 bridgehead atoms. The van der Waals surface area contributed by atoms with Gasteiger partial charge in [-0.2, -0.15) is 0 Å². The first-order valence-corrected chi connectivity index (χ1v) is 4.65. The Labute approximate surface area is 81.4 Å². The van der Waals surface area contributed by atoms with E-state index in [2.05, 4.69) is 0 Å². The molecule has 14 heavy (non-hydrogen) atoms. The third-order valence-corrected chi connectivity index (χ3v) is 2.84. The number of benzene rings is 1. The Kier molecular flexibility index (Phi) is 2.02. The van der Waals surface area contributed by atoms with Crippen molar-refractivity contribution < 1.29 is 14.3 Å². The van der Waals surface area contributed by atoms with Crippen LogP contribution in [0.2, 0.25) is 0 Å². The average molecular weight is 194 g/mol. The fourth-order valence-corrected chi connectivity index (χ4v) is 2.00. The van der Waals surface area contributed by atoms with Crippen molar-refractivity contribution in [1.29, 1.82) is 0 Å². The highest BCUT2D eigenvalue weighted by Crippen LogP contribution is 2.34. The number of halogens is 1. The number of aryl methyl sites for hydroxylation is 1. The van der Waals surface area contributed by atoms with Gasteiger partial charge in [0.2, 0.25) is 0 Å². The highest BCUT2D eigenvalue weighted by molar-refractivity contribution is 5.88. The van der Waals surface area contributed by atoms with E-state index in [0.29, 0.717) is 5.92 Å². The summed E-state index contributed by atoms with van der Waals surface area (Å²) in [5.41, 5.74) is 1.74. The van der Waals surface area contributed by atoms with Crippen LogP contribution in [0, 0.1) is 5.82 Å². The molecule has 2 nitrogen and oxygen atoms in total. The van der Waals surface area contributed by atoms with Gasteiger partial charge in [0, 0.05) is 0 Å². The molecule has 0 aliphatic heterocycles. The van der Waals surface area contributed by atoms with E-state index in [1.165, 1.54) is 12.1 Å². The van der Waals surface area contributed by atoms with Crippen LogP contribution in [0.3, 0.4) is 0 Å². The minimum Gasteiger partial charge on any atom is -0.478 e. The summed E-state index contributed by atoms with van der Waals surface area (Å²) >= 11 is 0. The van der Waals surface area contributed by atoms with Gasteiger partial charge in [0.05, 0.1) is 5.56 Å². The molecule has 0 aromatic heterocycles. The molecule has 1 aromatic carbocycles. The summed E-state index contributed by atoms with van der Waals surface area (Å²) in [6, 6.07) is 2.84. The van der Waals surface area contributed by atoms with Crippen LogP contribution in [0.25, 0.3) is 0 Å². The summed E-state index contributed by atoms with van der Waals surface area (Å²) in [5, 5.41) is 8.74. The Morgan fingerprint density at radius 3 is 2.93 bits per heavy atom. The molecule has 1 atom stereocenters. The molecule has 1 N–H and O–H groups in total. The highest BCUT2D eigenvalue weighted by atomic mass is 19.1. The first kappa shape index (κ1) is 9.19. The Morgan fingerprint density at radius 2 is 2.29 bits per heavy atom. The van der Waals surface area contributed by atoms with Crippen molar-refractivity contribution in [1.82, 2.24) is 0 Å². The predicted octanol–water partition coefficient (Wildman–Crippen LogP) is 2.57. The van der Waals surface area contributed by atoms with Gasteiger partial charge in [-0.05, 0) is 42.0 Å². The summed E-state index contributed by atoms with van der Waals surface area (Å²) in [5.74, 6) is -1.46. The van der Waals surface area contributed by atoms with Crippen LogP contribution in [0.15, 0.2) is 12.1 Å². The third-order valence-electron chi connectivity index (χ3n) is 2.84. The molecular weight excluding hydrogens is 183 g/mol. The molecule has 0 amide bonds. The fraction of sp³-hybridized carbons (Fsp3) is 0.364. The van der Waals surface area contributed by atoms with Crippen LogP contribution in [-0.2, 0) is 6.42 Å². The second-order valence-electron chi connectivity index (χ2n) is 3.78. The number of carboxylic acids is 1. The standard InChI is InChI=1S/C11H11FO2/c1-6-2-3-7-4-10(12)9(11(13)14)5-8(6)7/h4-6H,2-3H2,1H3,(H,13,14). The third kappa shape index (κ3) is 1.29. The number of hydrogen-bond acceptors (Lipinski definition) is 1. The lowest BCUT2D eigenvalue weighted by Gasteiger charge is -2.06. The van der Waals surface area contributed by atoms with E-state index in [9.17, 15) is 9.18 Å². The second-order valence-corrected chi connectivity index (χ2v) is 3.78. The molecule has 1 aromatic rings. The maximum absolute atomic E-state index is 13.2. The van der Waals surface area contributed by atoms with Crippen molar-refractivity contribution in [2.75, 3.05) is 0 Å². The number of carboxylic acid groups (broad SMARTS) is 1. The molecular formula is C11H11FO2. The predicted molar refractivity (Wildman–Crippen MR) is 50.1 cm³/mol. The van der Waals surface area contributed by atoms with Crippen LogP contribution in [0.5, 0.6) is 0 Å². The maximum Gasteiger partial charge on any atom is 0.338 e. The largest absolute Gasteiger partial charge is 0.478 e. The van der Waals surface area contributed by atoms with Crippen molar-refractivity contribution in [2.45, 2.75) is 25.7 Å². The number of carbonyl (C=O) groups is 1. The van der Waals surface area contributed by atoms with Gasteiger partial charge < -0.3 is 5.11 Å². The molecule has 1 aliphatic rings. The first-order valence-electron chi connectivity index (χ1n) is 4.65. The summed E-state index contributed by atoms with van der Waals surface area (Å²) in [6.07, 6.45) is 1.84. The lowest BCUT2D eigenvalue weighted by molar-refractivity contribution is 0.0692. The van der Waals surface area contributed by atoms with E-state index in [0.717, 1.165) is 24.0 Å². The van der Waals surface area contributed by atoms with Crippen molar-refractivity contribution in [3.8, 4) is 0 Å². The molecule has 0 fully saturated rings. The van der Waals surface area contributed by atoms with Gasteiger partial charge in [-0.25, -0.2) is 9.18 Å². The molecule has 0 radical (unpaired) electrons. The molecule has 74 valence electrons. The van der Waals surface area contributed by atoms with Crippen LogP contribution in [0.4, 0.5) is 4.39 Å². The number of aromatic carboxylic acids is 1. The average Bonchev–Trinajstić information content (AvgIpc) is 2.46. The van der Waals surface area contributed by atoms with Crippen LogP contribution in [-0.4, -0.2) is 11.1 Å². The van der Waals surface area contributed by atoms with Crippen LogP contribution in [0.1, 0.15) is 40.7 Å². The summed E-state index contributed by atoms with van der Waals surface area (Å²) < 4.78 is 13.2. The smallest absolute Gasteiger partial charge is 0.338 e. The van der Waals surface area contributed by atoms with Gasteiger partial charge in [0.1, 0.15) is 5.82 Å². The molecule has 3 heteroatoms.